The van der Waals surface area contributed by atoms with E-state index in [-0.39, 0.29) is 35.2 Å². The van der Waals surface area contributed by atoms with Crippen molar-refractivity contribution in [3.8, 4) is 0 Å². The van der Waals surface area contributed by atoms with Crippen LogP contribution in [0.25, 0.3) is 0 Å². The van der Waals surface area contributed by atoms with Gasteiger partial charge < -0.3 is 15.5 Å². The van der Waals surface area contributed by atoms with Crippen molar-refractivity contribution in [2.75, 3.05) is 20.1 Å². The smallest absolute Gasteiger partial charge is 0.191 e. The molecule has 2 N–H and O–H groups in total. The molecule has 0 spiro atoms. The molecule has 2 heterocycles. The number of piperidine rings is 2. The van der Waals surface area contributed by atoms with Crippen LogP contribution in [-0.4, -0.2) is 49.1 Å². The van der Waals surface area contributed by atoms with Crippen LogP contribution in [0.2, 0.25) is 0 Å². The van der Waals surface area contributed by atoms with Gasteiger partial charge in [-0.1, -0.05) is 18.6 Å². The number of rotatable bonds is 5. The molecule has 2 atom stereocenters. The standard InChI is InChI=1S/C22H33FN4.HI/c1-3-24-21(26-18-13-19-8-5-9-20(14-18)27(19)2)25-15-22(10-11-22)16-6-4-7-17(23)12-16;/h4,6-7,12,18-20H,3,5,8-11,13-15H2,1-2H3,(H2,24,25,26);1H. The topological polar surface area (TPSA) is 39.7 Å². The maximum absolute atomic E-state index is 13.6. The van der Waals surface area contributed by atoms with Crippen molar-refractivity contribution in [3.63, 3.8) is 0 Å². The molecule has 2 bridgehead atoms. The van der Waals surface area contributed by atoms with Crippen LogP contribution in [0.15, 0.2) is 29.3 Å². The molecule has 3 fully saturated rings. The van der Waals surface area contributed by atoms with Crippen LogP contribution in [0.5, 0.6) is 0 Å². The summed E-state index contributed by atoms with van der Waals surface area (Å²) in [7, 11) is 2.29. The largest absolute Gasteiger partial charge is 0.357 e. The van der Waals surface area contributed by atoms with Gasteiger partial charge in [-0.25, -0.2) is 4.39 Å². The molecule has 1 saturated carbocycles. The summed E-state index contributed by atoms with van der Waals surface area (Å²) in [5.41, 5.74) is 1.13. The van der Waals surface area contributed by atoms with Gasteiger partial charge in [0.05, 0.1) is 6.54 Å². The van der Waals surface area contributed by atoms with E-state index in [1.807, 2.05) is 12.1 Å². The summed E-state index contributed by atoms with van der Waals surface area (Å²) in [6.45, 7) is 3.70. The van der Waals surface area contributed by atoms with Crippen LogP contribution in [0.1, 0.15) is 57.4 Å². The van der Waals surface area contributed by atoms with Crippen LogP contribution in [0, 0.1) is 5.82 Å². The van der Waals surface area contributed by atoms with Gasteiger partial charge in [-0.15, -0.1) is 24.0 Å². The van der Waals surface area contributed by atoms with Crippen LogP contribution in [-0.2, 0) is 5.41 Å². The highest BCUT2D eigenvalue weighted by Gasteiger charge is 2.44. The third kappa shape index (κ3) is 4.81. The van der Waals surface area contributed by atoms with Gasteiger partial charge in [0.2, 0.25) is 0 Å². The Morgan fingerprint density at radius 1 is 1.25 bits per heavy atom. The molecule has 156 valence electrons. The molecule has 2 unspecified atom stereocenters. The third-order valence-electron chi connectivity index (χ3n) is 6.86. The maximum Gasteiger partial charge on any atom is 0.191 e. The molecule has 1 aromatic carbocycles. The number of nitrogens with one attached hydrogen (secondary N) is 2. The molecule has 4 nitrogen and oxygen atoms in total. The van der Waals surface area contributed by atoms with E-state index in [0.717, 1.165) is 37.5 Å². The Labute approximate surface area is 185 Å². The lowest BCUT2D eigenvalue weighted by Crippen LogP contribution is -2.56. The second-order valence-corrected chi connectivity index (χ2v) is 8.70. The Hall–Kier alpha value is -0.890. The highest BCUT2D eigenvalue weighted by atomic mass is 127. The molecule has 3 aliphatic rings. The molecule has 2 aliphatic heterocycles. The van der Waals surface area contributed by atoms with Gasteiger partial charge >= 0.3 is 0 Å². The molecule has 4 rings (SSSR count). The number of nitrogens with zero attached hydrogens (tertiary/aromatic N) is 2. The zero-order valence-corrected chi connectivity index (χ0v) is 19.4. The van der Waals surface area contributed by atoms with E-state index >= 15 is 0 Å². The molecule has 0 radical (unpaired) electrons. The second kappa shape index (κ2) is 9.28. The first-order chi connectivity index (χ1) is 13.1. The Kier molecular flexibility index (Phi) is 7.23. The average Bonchev–Trinajstić information content (AvgIpc) is 3.42. The monoisotopic (exact) mass is 500 g/mol. The number of fused-ring (bicyclic) bond motifs is 2. The summed E-state index contributed by atoms with van der Waals surface area (Å²) in [6, 6.07) is 8.98. The minimum Gasteiger partial charge on any atom is -0.357 e. The normalized spacial score (nSPS) is 29.0. The summed E-state index contributed by atoms with van der Waals surface area (Å²) in [4.78, 5) is 7.51. The molecule has 1 aromatic rings. The van der Waals surface area contributed by atoms with Gasteiger partial charge in [0.25, 0.3) is 0 Å². The number of hydrogen-bond donors (Lipinski definition) is 2. The van der Waals surface area contributed by atoms with E-state index in [1.165, 1.54) is 38.2 Å². The first-order valence-electron chi connectivity index (χ1n) is 10.6. The summed E-state index contributed by atoms with van der Waals surface area (Å²) in [5.74, 6) is 0.776. The van der Waals surface area contributed by atoms with Crippen molar-refractivity contribution >= 4 is 29.9 Å². The average molecular weight is 500 g/mol. The molecule has 28 heavy (non-hydrogen) atoms. The lowest BCUT2D eigenvalue weighted by atomic mass is 9.82. The molecular formula is C22H34FIN4. The maximum atomic E-state index is 13.6. The molecular weight excluding hydrogens is 466 g/mol. The minimum absolute atomic E-state index is 0. The fraction of sp³-hybridized carbons (Fsp3) is 0.682. The predicted molar refractivity (Wildman–Crippen MR) is 124 cm³/mol. The highest BCUT2D eigenvalue weighted by molar-refractivity contribution is 14.0. The number of hydrogen-bond acceptors (Lipinski definition) is 2. The Morgan fingerprint density at radius 3 is 2.57 bits per heavy atom. The minimum atomic E-state index is -0.148. The molecule has 2 saturated heterocycles. The zero-order chi connectivity index (χ0) is 18.9. The van der Waals surface area contributed by atoms with E-state index in [0.29, 0.717) is 18.1 Å². The van der Waals surface area contributed by atoms with E-state index in [4.69, 9.17) is 4.99 Å². The zero-order valence-electron chi connectivity index (χ0n) is 17.1. The van der Waals surface area contributed by atoms with Crippen molar-refractivity contribution in [2.24, 2.45) is 4.99 Å². The van der Waals surface area contributed by atoms with Crippen molar-refractivity contribution in [1.82, 2.24) is 15.5 Å². The highest BCUT2D eigenvalue weighted by Crippen LogP contribution is 2.48. The second-order valence-electron chi connectivity index (χ2n) is 8.70. The lowest BCUT2D eigenvalue weighted by Gasteiger charge is -2.47. The predicted octanol–water partition coefficient (Wildman–Crippen LogP) is 4.05. The Bertz CT molecular complexity index is 677. The fourth-order valence-corrected chi connectivity index (χ4v) is 4.98. The fourth-order valence-electron chi connectivity index (χ4n) is 4.98. The first kappa shape index (κ1) is 21.8. The van der Waals surface area contributed by atoms with Gasteiger partial charge in [0.15, 0.2) is 5.96 Å². The lowest BCUT2D eigenvalue weighted by molar-refractivity contribution is 0.0526. The van der Waals surface area contributed by atoms with Gasteiger partial charge in [0.1, 0.15) is 5.82 Å². The van der Waals surface area contributed by atoms with Crippen molar-refractivity contribution in [3.05, 3.63) is 35.6 Å². The van der Waals surface area contributed by atoms with E-state index < -0.39 is 0 Å². The van der Waals surface area contributed by atoms with Crippen molar-refractivity contribution in [2.45, 2.75) is 75.4 Å². The van der Waals surface area contributed by atoms with Crippen molar-refractivity contribution < 1.29 is 4.39 Å². The quantitative estimate of drug-likeness (QED) is 0.364. The molecule has 0 amide bonds. The Balaban J connectivity index is 0.00000225. The van der Waals surface area contributed by atoms with Gasteiger partial charge in [-0.05, 0) is 70.2 Å². The van der Waals surface area contributed by atoms with Crippen LogP contribution in [0.3, 0.4) is 0 Å². The summed E-state index contributed by atoms with van der Waals surface area (Å²) in [5, 5.41) is 7.13. The van der Waals surface area contributed by atoms with E-state index in [9.17, 15) is 4.39 Å². The number of aliphatic imine (C=N–C) groups is 1. The summed E-state index contributed by atoms with van der Waals surface area (Å²) in [6.07, 6.45) is 8.61. The van der Waals surface area contributed by atoms with Crippen molar-refractivity contribution in [1.29, 1.82) is 0 Å². The van der Waals surface area contributed by atoms with E-state index in [1.54, 1.807) is 6.07 Å². The SMILES string of the molecule is CCNC(=NCC1(c2cccc(F)c2)CC1)NC1CC2CCCC(C1)N2C.I. The summed E-state index contributed by atoms with van der Waals surface area (Å²) < 4.78 is 13.6. The third-order valence-corrected chi connectivity index (χ3v) is 6.86. The van der Waals surface area contributed by atoms with Gasteiger partial charge in [-0.2, -0.15) is 0 Å². The summed E-state index contributed by atoms with van der Waals surface area (Å²) >= 11 is 0. The Morgan fingerprint density at radius 2 is 1.96 bits per heavy atom. The van der Waals surface area contributed by atoms with Gasteiger partial charge in [-0.3, -0.25) is 4.99 Å². The first-order valence-corrected chi connectivity index (χ1v) is 10.6. The van der Waals surface area contributed by atoms with Gasteiger partial charge in [0, 0.05) is 30.1 Å². The van der Waals surface area contributed by atoms with Crippen LogP contribution < -0.4 is 10.6 Å². The van der Waals surface area contributed by atoms with Crippen LogP contribution in [0.4, 0.5) is 4.39 Å². The molecule has 6 heteroatoms. The molecule has 1 aliphatic carbocycles. The van der Waals surface area contributed by atoms with Crippen LogP contribution >= 0.6 is 24.0 Å². The number of guanidine groups is 1. The van der Waals surface area contributed by atoms with E-state index in [2.05, 4.69) is 29.5 Å². The number of benzene rings is 1. The number of halogens is 2. The molecule has 0 aromatic heterocycles.